The van der Waals surface area contributed by atoms with E-state index >= 15 is 0 Å². The van der Waals surface area contributed by atoms with Crippen LogP contribution in [0.4, 0.5) is 0 Å². The third-order valence-electron chi connectivity index (χ3n) is 4.77. The van der Waals surface area contributed by atoms with Crippen molar-refractivity contribution in [3.05, 3.63) is 69.8 Å². The number of hydrogen-bond acceptors (Lipinski definition) is 5. The molecular formula is C19H16O5. The van der Waals surface area contributed by atoms with E-state index in [1.165, 1.54) is 0 Å². The third-order valence-corrected chi connectivity index (χ3v) is 4.77. The van der Waals surface area contributed by atoms with Gasteiger partial charge in [-0.25, -0.2) is 0 Å². The molecule has 2 aromatic carbocycles. The molecule has 122 valence electrons. The van der Waals surface area contributed by atoms with Crippen LogP contribution in [0.1, 0.15) is 43.0 Å². The number of carbonyl (C=O) groups is 2. The van der Waals surface area contributed by atoms with Crippen molar-refractivity contribution in [3.63, 3.8) is 0 Å². The number of hydrogen-bond donors (Lipinski definition) is 2. The van der Waals surface area contributed by atoms with Crippen molar-refractivity contribution in [2.75, 3.05) is 6.61 Å². The number of fused-ring (bicyclic) bond motifs is 4. The molecular weight excluding hydrogens is 308 g/mol. The molecule has 0 saturated heterocycles. The molecule has 24 heavy (non-hydrogen) atoms. The van der Waals surface area contributed by atoms with Crippen LogP contribution in [0.3, 0.4) is 0 Å². The maximum atomic E-state index is 13.0. The monoisotopic (exact) mass is 324 g/mol. The Hall–Kier alpha value is -2.34. The minimum absolute atomic E-state index is 0.159. The molecule has 0 bridgehead atoms. The van der Waals surface area contributed by atoms with Crippen LogP contribution >= 0.6 is 0 Å². The summed E-state index contributed by atoms with van der Waals surface area (Å²) < 4.78 is 5.57. The lowest BCUT2D eigenvalue weighted by molar-refractivity contribution is -0.0713. The highest BCUT2D eigenvalue weighted by Gasteiger charge is 2.35. The zero-order chi connectivity index (χ0) is 16.8. The van der Waals surface area contributed by atoms with E-state index in [0.29, 0.717) is 28.7 Å². The number of rotatable bonds is 2. The van der Waals surface area contributed by atoms with Crippen LogP contribution in [0, 0.1) is 0 Å². The molecule has 0 spiro atoms. The van der Waals surface area contributed by atoms with Gasteiger partial charge in [-0.3, -0.25) is 9.59 Å². The van der Waals surface area contributed by atoms with E-state index in [4.69, 9.17) is 9.84 Å². The van der Waals surface area contributed by atoms with Crippen molar-refractivity contribution in [1.29, 1.82) is 0 Å². The molecule has 5 heteroatoms. The molecule has 2 aromatic rings. The standard InChI is InChI=1S/C19H16O5/c20-8-15(21)16-7-14-10(9-24-16)5-6-13-17(14)19(23)12-4-2-1-3-11(12)18(13)22/h1-6,15-16,20-21H,7-9H2/t15-,16+/m1/s1. The summed E-state index contributed by atoms with van der Waals surface area (Å²) >= 11 is 0. The highest BCUT2D eigenvalue weighted by Crippen LogP contribution is 2.34. The Morgan fingerprint density at radius 3 is 2.46 bits per heavy atom. The van der Waals surface area contributed by atoms with Crippen LogP contribution in [-0.4, -0.2) is 40.6 Å². The van der Waals surface area contributed by atoms with Crippen LogP contribution in [0.2, 0.25) is 0 Å². The second-order valence-electron chi connectivity index (χ2n) is 6.13. The molecule has 0 amide bonds. The minimum Gasteiger partial charge on any atom is -0.394 e. The van der Waals surface area contributed by atoms with Gasteiger partial charge in [-0.1, -0.05) is 30.3 Å². The SMILES string of the molecule is O=C1c2ccccc2C(=O)c2c1ccc1c2C[C@@H]([C@H](O)CO)OC1. The summed E-state index contributed by atoms with van der Waals surface area (Å²) in [5, 5.41) is 19.0. The molecule has 0 radical (unpaired) electrons. The van der Waals surface area contributed by atoms with Crippen molar-refractivity contribution in [1.82, 2.24) is 0 Å². The fraction of sp³-hybridized carbons (Fsp3) is 0.263. The first-order chi connectivity index (χ1) is 11.6. The summed E-state index contributed by atoms with van der Waals surface area (Å²) in [5.74, 6) is -0.329. The predicted octanol–water partition coefficient (Wildman–Crippen LogP) is 1.26. The first-order valence-corrected chi connectivity index (χ1v) is 7.85. The summed E-state index contributed by atoms with van der Waals surface area (Å²) in [5.41, 5.74) is 3.23. The normalized spacial score (nSPS) is 20.2. The Bertz CT molecular complexity index is 855. The van der Waals surface area contributed by atoms with Crippen molar-refractivity contribution < 1.29 is 24.5 Å². The van der Waals surface area contributed by atoms with Gasteiger partial charge >= 0.3 is 0 Å². The van der Waals surface area contributed by atoms with Gasteiger partial charge in [0.25, 0.3) is 0 Å². The highest BCUT2D eigenvalue weighted by molar-refractivity contribution is 6.29. The summed E-state index contributed by atoms with van der Waals surface area (Å²) in [6, 6.07) is 10.3. The topological polar surface area (TPSA) is 83.8 Å². The number of aliphatic hydroxyl groups is 2. The Labute approximate surface area is 138 Å². The van der Waals surface area contributed by atoms with Gasteiger partial charge in [0.1, 0.15) is 6.10 Å². The van der Waals surface area contributed by atoms with E-state index < -0.39 is 18.8 Å². The zero-order valence-electron chi connectivity index (χ0n) is 12.9. The van der Waals surface area contributed by atoms with Gasteiger partial charge in [0, 0.05) is 28.7 Å². The molecule has 1 aliphatic heterocycles. The van der Waals surface area contributed by atoms with Crippen molar-refractivity contribution >= 4 is 11.6 Å². The summed E-state index contributed by atoms with van der Waals surface area (Å²) in [6.07, 6.45) is -1.31. The lowest BCUT2D eigenvalue weighted by Gasteiger charge is -2.31. The van der Waals surface area contributed by atoms with Crippen LogP contribution in [0.5, 0.6) is 0 Å². The van der Waals surface area contributed by atoms with E-state index in [2.05, 4.69) is 0 Å². The van der Waals surface area contributed by atoms with E-state index in [-0.39, 0.29) is 18.2 Å². The van der Waals surface area contributed by atoms with E-state index in [0.717, 1.165) is 11.1 Å². The quantitative estimate of drug-likeness (QED) is 0.741. The predicted molar refractivity (Wildman–Crippen MR) is 85.1 cm³/mol. The number of benzene rings is 2. The van der Waals surface area contributed by atoms with Crippen LogP contribution in [-0.2, 0) is 17.8 Å². The van der Waals surface area contributed by atoms with Gasteiger partial charge in [-0.2, -0.15) is 0 Å². The largest absolute Gasteiger partial charge is 0.394 e. The third kappa shape index (κ3) is 2.13. The van der Waals surface area contributed by atoms with Crippen LogP contribution in [0.15, 0.2) is 36.4 Å². The number of ether oxygens (including phenoxy) is 1. The number of carbonyl (C=O) groups excluding carboxylic acids is 2. The van der Waals surface area contributed by atoms with Crippen LogP contribution in [0.25, 0.3) is 0 Å². The zero-order valence-corrected chi connectivity index (χ0v) is 12.9. The average Bonchev–Trinajstić information content (AvgIpc) is 2.64. The summed E-state index contributed by atoms with van der Waals surface area (Å²) in [7, 11) is 0. The van der Waals surface area contributed by atoms with E-state index in [1.807, 2.05) is 0 Å². The van der Waals surface area contributed by atoms with Gasteiger partial charge in [0.15, 0.2) is 11.6 Å². The highest BCUT2D eigenvalue weighted by atomic mass is 16.5. The molecule has 1 heterocycles. The number of aliphatic hydroxyl groups excluding tert-OH is 2. The molecule has 4 rings (SSSR count). The summed E-state index contributed by atoms with van der Waals surface area (Å²) in [4.78, 5) is 25.7. The minimum atomic E-state index is -1.02. The first-order valence-electron chi connectivity index (χ1n) is 7.85. The molecule has 0 unspecified atom stereocenters. The van der Waals surface area contributed by atoms with Crippen molar-refractivity contribution in [2.45, 2.75) is 25.2 Å². The number of ketones is 2. The van der Waals surface area contributed by atoms with Crippen molar-refractivity contribution in [3.8, 4) is 0 Å². The van der Waals surface area contributed by atoms with Crippen LogP contribution < -0.4 is 0 Å². The summed E-state index contributed by atoms with van der Waals surface area (Å²) in [6.45, 7) is -0.168. The van der Waals surface area contributed by atoms with Gasteiger partial charge in [-0.15, -0.1) is 0 Å². The average molecular weight is 324 g/mol. The Kier molecular flexibility index (Phi) is 3.57. The maximum Gasteiger partial charge on any atom is 0.194 e. The molecule has 2 aliphatic rings. The first kappa shape index (κ1) is 15.2. The Morgan fingerprint density at radius 2 is 1.75 bits per heavy atom. The van der Waals surface area contributed by atoms with E-state index in [1.54, 1.807) is 36.4 Å². The van der Waals surface area contributed by atoms with Gasteiger partial charge < -0.3 is 14.9 Å². The lowest BCUT2D eigenvalue weighted by Crippen LogP contribution is -2.38. The second-order valence-corrected chi connectivity index (χ2v) is 6.13. The fourth-order valence-electron chi connectivity index (χ4n) is 3.49. The van der Waals surface area contributed by atoms with Gasteiger partial charge in [0.2, 0.25) is 0 Å². The molecule has 0 aromatic heterocycles. The molecule has 5 nitrogen and oxygen atoms in total. The molecule has 0 fully saturated rings. The second kappa shape index (κ2) is 5.63. The lowest BCUT2D eigenvalue weighted by atomic mass is 9.78. The maximum absolute atomic E-state index is 13.0. The molecule has 0 saturated carbocycles. The van der Waals surface area contributed by atoms with Gasteiger partial charge in [0.05, 0.1) is 19.3 Å². The Balaban J connectivity index is 1.86. The van der Waals surface area contributed by atoms with Gasteiger partial charge in [-0.05, 0) is 17.2 Å². The van der Waals surface area contributed by atoms with Crippen molar-refractivity contribution in [2.24, 2.45) is 0 Å². The smallest absolute Gasteiger partial charge is 0.194 e. The van der Waals surface area contributed by atoms with E-state index in [9.17, 15) is 14.7 Å². The molecule has 2 atom stereocenters. The molecule has 2 N–H and O–H groups in total. The fourth-order valence-corrected chi connectivity index (χ4v) is 3.49. The Morgan fingerprint density at radius 1 is 1.04 bits per heavy atom. The molecule has 1 aliphatic carbocycles.